The van der Waals surface area contributed by atoms with E-state index in [0.29, 0.717) is 22.2 Å². The first kappa shape index (κ1) is 30.2. The number of ether oxygens (including phenoxy) is 1. The van der Waals surface area contributed by atoms with E-state index in [1.807, 2.05) is 24.3 Å². The van der Waals surface area contributed by atoms with Crippen LogP contribution < -0.4 is 55.3 Å². The molecule has 16 heteroatoms. The smallest absolute Gasteiger partial charge is 0.494 e. The fourth-order valence-electron chi connectivity index (χ4n) is 3.82. The van der Waals surface area contributed by atoms with Gasteiger partial charge >= 0.3 is 35.5 Å². The predicted octanol–water partition coefficient (Wildman–Crippen LogP) is -0.267. The Kier molecular flexibility index (Phi) is 9.16. The summed E-state index contributed by atoms with van der Waals surface area (Å²) in [7, 11) is -2.76. The number of aromatic carboxylic acids is 1. The number of carboxylic acid groups (broad SMARTS) is 1. The molecule has 0 saturated heterocycles. The largest absolute Gasteiger partial charge is 1.00 e. The number of carbonyl (C=O) groups excluding carboxylic acids is 1. The van der Waals surface area contributed by atoms with Crippen LogP contribution in [0.4, 0.5) is 10.8 Å². The van der Waals surface area contributed by atoms with Crippen molar-refractivity contribution >= 4 is 60.2 Å². The number of benzene rings is 3. The zero-order chi connectivity index (χ0) is 28.4. The molecule has 1 amide bonds. The van der Waals surface area contributed by atoms with Crippen LogP contribution in [0.1, 0.15) is 26.3 Å². The normalized spacial score (nSPS) is 12.9. The average Bonchev–Trinajstić information content (AvgIpc) is 3.56. The number of hydrogen-bond acceptors (Lipinski definition) is 11. The quantitative estimate of drug-likeness (QED) is 0.146. The first-order valence-corrected chi connectivity index (χ1v) is 14.1. The van der Waals surface area contributed by atoms with Crippen molar-refractivity contribution in [2.75, 3.05) is 29.6 Å². The van der Waals surface area contributed by atoms with E-state index in [4.69, 9.17) is 19.4 Å². The van der Waals surface area contributed by atoms with E-state index in [2.05, 4.69) is 10.7 Å². The molecule has 0 radical (unpaired) electrons. The molecule has 1 aliphatic rings. The van der Waals surface area contributed by atoms with Crippen LogP contribution in [0.2, 0.25) is 0 Å². The molecule has 4 aromatic rings. The average molecular weight is 606 g/mol. The van der Waals surface area contributed by atoms with Gasteiger partial charge in [-0.25, -0.2) is 9.78 Å². The van der Waals surface area contributed by atoms with Crippen LogP contribution in [0.25, 0.3) is 10.2 Å². The first-order chi connectivity index (χ1) is 19.1. The van der Waals surface area contributed by atoms with Gasteiger partial charge in [0.15, 0.2) is 5.84 Å². The van der Waals surface area contributed by atoms with Gasteiger partial charge in [-0.2, -0.15) is 8.42 Å². The maximum absolute atomic E-state index is 12.4. The molecule has 0 aliphatic carbocycles. The van der Waals surface area contributed by atoms with E-state index in [1.54, 1.807) is 35.4 Å². The molecule has 0 fully saturated rings. The van der Waals surface area contributed by atoms with Crippen LogP contribution in [0.3, 0.4) is 0 Å². The molecule has 5 rings (SSSR count). The summed E-state index contributed by atoms with van der Waals surface area (Å²) < 4.78 is 37.0. The Balaban J connectivity index is 0.00000387. The van der Waals surface area contributed by atoms with Gasteiger partial charge in [0.25, 0.3) is 16.0 Å². The minimum atomic E-state index is -4.19. The molecular weight excluding hydrogens is 583 g/mol. The fraction of sp³-hybridized carbons (Fsp3) is 0.120. The fourth-order valence-corrected chi connectivity index (χ4v) is 5.10. The number of thiazole rings is 1. The summed E-state index contributed by atoms with van der Waals surface area (Å²) in [6, 6.07) is 18.5. The second kappa shape index (κ2) is 12.4. The van der Waals surface area contributed by atoms with Crippen molar-refractivity contribution in [3.05, 3.63) is 83.4 Å². The van der Waals surface area contributed by atoms with Gasteiger partial charge in [-0.05, 0) is 42.5 Å². The third kappa shape index (κ3) is 6.78. The third-order valence-electron chi connectivity index (χ3n) is 5.77. The molecule has 0 bridgehead atoms. The third-order valence-corrected chi connectivity index (χ3v) is 7.50. The molecule has 13 nitrogen and oxygen atoms in total. The number of carboxylic acids is 1. The molecule has 3 aromatic carbocycles. The van der Waals surface area contributed by atoms with Gasteiger partial charge in [-0.3, -0.25) is 14.8 Å². The zero-order valence-electron chi connectivity index (χ0n) is 21.8. The second-order valence-electron chi connectivity index (χ2n) is 8.44. The number of amides is 1. The van der Waals surface area contributed by atoms with E-state index in [-0.39, 0.29) is 53.0 Å². The van der Waals surface area contributed by atoms with Crippen LogP contribution >= 0.6 is 11.3 Å². The number of nitrogens with zero attached hydrogens (tertiary/aromatic N) is 4. The Morgan fingerprint density at radius 1 is 1.07 bits per heavy atom. The summed E-state index contributed by atoms with van der Waals surface area (Å²) in [5, 5.41) is 20.2. The number of methoxy groups -OCH3 is 1. The number of nitrogens with one attached hydrogen (secondary N) is 2. The Morgan fingerprint density at radius 2 is 1.78 bits per heavy atom. The Morgan fingerprint density at radius 3 is 2.44 bits per heavy atom. The molecule has 1 aliphatic heterocycles. The Bertz CT molecular complexity index is 1710. The van der Waals surface area contributed by atoms with Gasteiger partial charge in [0.05, 0.1) is 28.6 Å². The van der Waals surface area contributed by atoms with E-state index in [1.165, 1.54) is 35.7 Å². The van der Waals surface area contributed by atoms with Crippen LogP contribution in [-0.4, -0.2) is 60.2 Å². The Labute approximate surface area is 260 Å². The Hall–Kier alpha value is -3.73. The van der Waals surface area contributed by atoms with Gasteiger partial charge in [-0.1, -0.05) is 35.6 Å². The first-order valence-electron chi connectivity index (χ1n) is 11.7. The van der Waals surface area contributed by atoms with Crippen molar-refractivity contribution in [1.82, 2.24) is 15.7 Å². The predicted molar refractivity (Wildman–Crippen MR) is 149 cm³/mol. The maximum Gasteiger partial charge on any atom is 1.00 e. The molecule has 0 spiro atoms. The zero-order valence-corrected chi connectivity index (χ0v) is 25.4. The van der Waals surface area contributed by atoms with Crippen molar-refractivity contribution < 1.29 is 62.0 Å². The SMILES string of the molecule is COc1cc(C(=O)O)ccc1N1N=C(c2ccc(C(=O)NCCS(=O)(=O)O)cc2)NN1c1nc2ccccc2s1.[Na+]. The van der Waals surface area contributed by atoms with Gasteiger partial charge in [0.2, 0.25) is 5.13 Å². The molecule has 4 N–H and O–H groups in total. The van der Waals surface area contributed by atoms with Gasteiger partial charge in [0.1, 0.15) is 11.4 Å². The maximum atomic E-state index is 12.4. The number of aromatic nitrogens is 1. The van der Waals surface area contributed by atoms with E-state index >= 15 is 0 Å². The summed E-state index contributed by atoms with van der Waals surface area (Å²) in [4.78, 5) is 28.6. The number of fused-ring (bicyclic) bond motifs is 1. The van der Waals surface area contributed by atoms with Crippen molar-refractivity contribution in [3.8, 4) is 5.75 Å². The molecular formula is C25H22N6NaO7S2+. The summed E-state index contributed by atoms with van der Waals surface area (Å²) in [6.07, 6.45) is 0. The van der Waals surface area contributed by atoms with Gasteiger partial charge < -0.3 is 15.2 Å². The molecule has 1 aromatic heterocycles. The number of para-hydroxylation sites is 1. The van der Waals surface area contributed by atoms with Crippen molar-refractivity contribution in [3.63, 3.8) is 0 Å². The summed E-state index contributed by atoms with van der Waals surface area (Å²) in [5.41, 5.74) is 5.39. The van der Waals surface area contributed by atoms with Crippen LogP contribution in [-0.2, 0) is 10.1 Å². The van der Waals surface area contributed by atoms with E-state index in [0.717, 1.165) is 10.2 Å². The minimum absolute atomic E-state index is 0. The van der Waals surface area contributed by atoms with E-state index < -0.39 is 27.7 Å². The van der Waals surface area contributed by atoms with Crippen molar-refractivity contribution in [2.24, 2.45) is 5.10 Å². The van der Waals surface area contributed by atoms with Gasteiger partial charge in [0, 0.05) is 17.7 Å². The van der Waals surface area contributed by atoms with Crippen LogP contribution in [0.5, 0.6) is 5.75 Å². The minimum Gasteiger partial charge on any atom is -0.494 e. The number of hydrogen-bond donors (Lipinski definition) is 4. The van der Waals surface area contributed by atoms with Crippen molar-refractivity contribution in [1.29, 1.82) is 0 Å². The molecule has 0 atom stereocenters. The number of hydrazone groups is 1. The van der Waals surface area contributed by atoms with Gasteiger partial charge in [-0.15, -0.1) is 15.3 Å². The summed E-state index contributed by atoms with van der Waals surface area (Å²) >= 11 is 1.42. The number of carbonyl (C=O) groups is 2. The summed E-state index contributed by atoms with van der Waals surface area (Å²) in [6.45, 7) is -0.234. The number of rotatable bonds is 9. The molecule has 0 unspecified atom stereocenters. The summed E-state index contributed by atoms with van der Waals surface area (Å²) in [5.74, 6) is -1.51. The second-order valence-corrected chi connectivity index (χ2v) is 11.0. The van der Waals surface area contributed by atoms with Crippen LogP contribution in [0.15, 0.2) is 71.8 Å². The van der Waals surface area contributed by atoms with E-state index in [9.17, 15) is 23.1 Å². The topological polar surface area (TPSA) is 174 Å². The molecule has 0 saturated carbocycles. The molecule has 41 heavy (non-hydrogen) atoms. The monoisotopic (exact) mass is 605 g/mol. The number of anilines is 2. The molecule has 206 valence electrons. The number of amidine groups is 1. The molecule has 2 heterocycles. The standard InChI is InChI=1S/C25H22N6O7S2.Na/c1-38-20-14-17(24(33)34)10-11-19(20)30-28-22(29-31(30)25-27-18-4-2-3-5-21(18)39-25)15-6-8-16(9-7-15)23(32)26-12-13-40(35,36)37;/h2-11,14H,12-13H2,1H3,(H,26,32)(H,28,29)(H,33,34)(H,35,36,37);/q;+1. The van der Waals surface area contributed by atoms with Crippen LogP contribution in [0, 0.1) is 0 Å². The number of hydrazine groups is 2. The van der Waals surface area contributed by atoms with Crippen molar-refractivity contribution in [2.45, 2.75) is 0 Å².